The number of fused-ring (bicyclic) bond motifs is 1. The lowest BCUT2D eigenvalue weighted by atomic mass is 9.83. The fourth-order valence-corrected chi connectivity index (χ4v) is 3.73. The van der Waals surface area contributed by atoms with Crippen LogP contribution in [-0.4, -0.2) is 36.1 Å². The summed E-state index contributed by atoms with van der Waals surface area (Å²) >= 11 is 0. The monoisotopic (exact) mass is 337 g/mol. The first-order valence-electron chi connectivity index (χ1n) is 8.97. The molecular formula is C21H23NO3. The number of hydrogen-bond acceptors (Lipinski definition) is 3. The van der Waals surface area contributed by atoms with Crippen LogP contribution in [0.15, 0.2) is 54.6 Å². The van der Waals surface area contributed by atoms with Gasteiger partial charge in [0.15, 0.2) is 6.61 Å². The van der Waals surface area contributed by atoms with E-state index < -0.39 is 0 Å². The first-order valence-corrected chi connectivity index (χ1v) is 8.97. The van der Waals surface area contributed by atoms with Gasteiger partial charge in [-0.2, -0.15) is 0 Å². The van der Waals surface area contributed by atoms with Crippen molar-refractivity contribution in [1.82, 2.24) is 4.90 Å². The van der Waals surface area contributed by atoms with Crippen LogP contribution in [0.25, 0.3) is 0 Å². The third-order valence-corrected chi connectivity index (χ3v) is 5.28. The molecule has 0 N–H and O–H groups in total. The Morgan fingerprint density at radius 2 is 1.72 bits per heavy atom. The van der Waals surface area contributed by atoms with Crippen LogP contribution in [0, 0.1) is 0 Å². The van der Waals surface area contributed by atoms with E-state index in [-0.39, 0.29) is 18.1 Å². The van der Waals surface area contributed by atoms with Crippen molar-refractivity contribution in [2.75, 3.05) is 19.7 Å². The zero-order valence-electron chi connectivity index (χ0n) is 14.3. The molecule has 0 aliphatic carbocycles. The second-order valence-corrected chi connectivity index (χ2v) is 6.88. The Kier molecular flexibility index (Phi) is 4.35. The Morgan fingerprint density at radius 3 is 2.52 bits per heavy atom. The Bertz CT molecular complexity index is 736. The zero-order chi connectivity index (χ0) is 17.1. The van der Waals surface area contributed by atoms with Gasteiger partial charge in [-0.1, -0.05) is 36.4 Å². The number of likely N-dealkylation sites (tertiary alicyclic amines) is 1. The summed E-state index contributed by atoms with van der Waals surface area (Å²) in [6.07, 6.45) is 3.87. The summed E-state index contributed by atoms with van der Waals surface area (Å²) in [5.41, 5.74) is 1.19. The highest BCUT2D eigenvalue weighted by Gasteiger charge is 2.40. The molecule has 2 heterocycles. The molecule has 0 atom stereocenters. The summed E-state index contributed by atoms with van der Waals surface area (Å²) in [4.78, 5) is 14.3. The zero-order valence-corrected chi connectivity index (χ0v) is 14.3. The number of nitrogens with zero attached hydrogens (tertiary/aromatic N) is 1. The van der Waals surface area contributed by atoms with Crippen LogP contribution < -0.4 is 9.47 Å². The summed E-state index contributed by atoms with van der Waals surface area (Å²) in [6, 6.07) is 17.8. The molecule has 1 spiro atoms. The SMILES string of the molecule is O=C(COc1ccccc1)N1CCC2(CCc3ccccc3O2)CC1. The summed E-state index contributed by atoms with van der Waals surface area (Å²) < 4.78 is 11.9. The van der Waals surface area contributed by atoms with Crippen molar-refractivity contribution in [3.8, 4) is 11.5 Å². The average Bonchev–Trinajstić information content (AvgIpc) is 2.67. The maximum absolute atomic E-state index is 12.4. The number of carbonyl (C=O) groups excluding carboxylic acids is 1. The second-order valence-electron chi connectivity index (χ2n) is 6.88. The molecule has 4 rings (SSSR count). The van der Waals surface area contributed by atoms with Crippen molar-refractivity contribution in [2.24, 2.45) is 0 Å². The highest BCUT2D eigenvalue weighted by Crippen LogP contribution is 2.39. The maximum atomic E-state index is 12.4. The van der Waals surface area contributed by atoms with Gasteiger partial charge in [0.25, 0.3) is 5.91 Å². The van der Waals surface area contributed by atoms with Crippen LogP contribution in [0.5, 0.6) is 11.5 Å². The third-order valence-electron chi connectivity index (χ3n) is 5.28. The van der Waals surface area contributed by atoms with E-state index in [0.29, 0.717) is 0 Å². The van der Waals surface area contributed by atoms with E-state index in [2.05, 4.69) is 18.2 Å². The van der Waals surface area contributed by atoms with Crippen LogP contribution in [0.3, 0.4) is 0 Å². The summed E-state index contributed by atoms with van der Waals surface area (Å²) in [6.45, 7) is 1.57. The molecule has 0 unspecified atom stereocenters. The Hall–Kier alpha value is -2.49. The van der Waals surface area contributed by atoms with Crippen molar-refractivity contribution in [2.45, 2.75) is 31.3 Å². The number of piperidine rings is 1. The number of rotatable bonds is 3. The Morgan fingerprint density at radius 1 is 1.00 bits per heavy atom. The topological polar surface area (TPSA) is 38.8 Å². The first-order chi connectivity index (χ1) is 12.2. The predicted molar refractivity (Wildman–Crippen MR) is 95.9 cm³/mol. The number of ether oxygens (including phenoxy) is 2. The molecule has 0 saturated carbocycles. The van der Waals surface area contributed by atoms with Gasteiger partial charge in [-0.05, 0) is 36.6 Å². The van der Waals surface area contributed by atoms with Gasteiger partial charge in [0.1, 0.15) is 17.1 Å². The van der Waals surface area contributed by atoms with Gasteiger partial charge in [0.2, 0.25) is 0 Å². The van der Waals surface area contributed by atoms with Gasteiger partial charge >= 0.3 is 0 Å². The van der Waals surface area contributed by atoms with E-state index in [9.17, 15) is 4.79 Å². The minimum Gasteiger partial charge on any atom is -0.487 e. The number of benzene rings is 2. The third kappa shape index (κ3) is 3.48. The van der Waals surface area contributed by atoms with Gasteiger partial charge in [-0.15, -0.1) is 0 Å². The second kappa shape index (κ2) is 6.79. The van der Waals surface area contributed by atoms with Gasteiger partial charge in [-0.3, -0.25) is 4.79 Å². The minimum absolute atomic E-state index is 0.0508. The van der Waals surface area contributed by atoms with Crippen LogP contribution in [0.2, 0.25) is 0 Å². The summed E-state index contributed by atoms with van der Waals surface area (Å²) in [5, 5.41) is 0. The lowest BCUT2D eigenvalue weighted by Gasteiger charge is -2.44. The van der Waals surface area contributed by atoms with Crippen molar-refractivity contribution >= 4 is 5.91 Å². The standard InChI is InChI=1S/C21H23NO3/c23-20(16-24-18-7-2-1-3-8-18)22-14-12-21(13-15-22)11-10-17-6-4-5-9-19(17)25-21/h1-9H,10-16H2. The van der Waals surface area contributed by atoms with Crippen molar-refractivity contribution < 1.29 is 14.3 Å². The van der Waals surface area contributed by atoms with E-state index in [1.165, 1.54) is 5.56 Å². The highest BCUT2D eigenvalue weighted by atomic mass is 16.5. The molecule has 25 heavy (non-hydrogen) atoms. The molecule has 1 saturated heterocycles. The van der Waals surface area contributed by atoms with Crippen molar-refractivity contribution in [3.05, 3.63) is 60.2 Å². The molecular weight excluding hydrogens is 314 g/mol. The van der Waals surface area contributed by atoms with Crippen LogP contribution in [0.1, 0.15) is 24.8 Å². The van der Waals surface area contributed by atoms with Crippen LogP contribution >= 0.6 is 0 Å². The summed E-state index contributed by atoms with van der Waals surface area (Å²) in [5.74, 6) is 1.80. The first kappa shape index (κ1) is 16.0. The largest absolute Gasteiger partial charge is 0.487 e. The number of amides is 1. The Labute approximate surface area is 148 Å². The fraction of sp³-hybridized carbons (Fsp3) is 0.381. The number of aryl methyl sites for hydroxylation is 1. The van der Waals surface area contributed by atoms with Crippen molar-refractivity contribution in [1.29, 1.82) is 0 Å². The lowest BCUT2D eigenvalue weighted by molar-refractivity contribution is -0.137. The number of para-hydroxylation sites is 2. The molecule has 1 amide bonds. The maximum Gasteiger partial charge on any atom is 0.260 e. The van der Waals surface area contributed by atoms with E-state index in [0.717, 1.165) is 50.3 Å². The Balaban J connectivity index is 1.32. The number of hydrogen-bond donors (Lipinski definition) is 0. The molecule has 4 nitrogen and oxygen atoms in total. The van der Waals surface area contributed by atoms with Crippen LogP contribution in [-0.2, 0) is 11.2 Å². The van der Waals surface area contributed by atoms with Gasteiger partial charge in [0, 0.05) is 25.9 Å². The number of carbonyl (C=O) groups is 1. The van der Waals surface area contributed by atoms with Gasteiger partial charge in [-0.25, -0.2) is 0 Å². The molecule has 2 aliphatic heterocycles. The fourth-order valence-electron chi connectivity index (χ4n) is 3.73. The molecule has 2 aromatic carbocycles. The van der Waals surface area contributed by atoms with Crippen LogP contribution in [0.4, 0.5) is 0 Å². The normalized spacial score (nSPS) is 18.3. The molecule has 2 aliphatic rings. The molecule has 0 bridgehead atoms. The van der Waals surface area contributed by atoms with E-state index in [1.54, 1.807) is 0 Å². The molecule has 4 heteroatoms. The smallest absolute Gasteiger partial charge is 0.260 e. The van der Waals surface area contributed by atoms with Gasteiger partial charge < -0.3 is 14.4 Å². The predicted octanol–water partition coefficient (Wildman–Crippen LogP) is 3.45. The minimum atomic E-state index is -0.106. The quantitative estimate of drug-likeness (QED) is 0.861. The summed E-state index contributed by atoms with van der Waals surface area (Å²) in [7, 11) is 0. The molecule has 0 aromatic heterocycles. The molecule has 130 valence electrons. The molecule has 1 fully saturated rings. The molecule has 0 radical (unpaired) electrons. The van der Waals surface area contributed by atoms with E-state index in [1.807, 2.05) is 41.3 Å². The highest BCUT2D eigenvalue weighted by molar-refractivity contribution is 5.77. The lowest BCUT2D eigenvalue weighted by Crippen LogP contribution is -2.52. The average molecular weight is 337 g/mol. The molecule has 2 aromatic rings. The van der Waals surface area contributed by atoms with E-state index in [4.69, 9.17) is 9.47 Å². The van der Waals surface area contributed by atoms with Crippen molar-refractivity contribution in [3.63, 3.8) is 0 Å². The van der Waals surface area contributed by atoms with Gasteiger partial charge in [0.05, 0.1) is 0 Å². The van der Waals surface area contributed by atoms with E-state index >= 15 is 0 Å².